The molecule has 5 nitrogen and oxygen atoms in total. The lowest BCUT2D eigenvalue weighted by Crippen LogP contribution is -2.28. The van der Waals surface area contributed by atoms with E-state index in [0.717, 1.165) is 0 Å². The highest BCUT2D eigenvalue weighted by atomic mass is 19.1. The van der Waals surface area contributed by atoms with E-state index in [9.17, 15) is 18.9 Å². The van der Waals surface area contributed by atoms with Crippen LogP contribution in [-0.2, 0) is 0 Å². The standard InChI is InChI=1S/C16H17F2N3O2/c1-20(2)15(16-13(17)4-3-5-14(16)18)10-19-11-6-8-12(9-7-11)21(22)23/h3-9,15,19H,10H2,1-2H3. The van der Waals surface area contributed by atoms with Gasteiger partial charge in [0.1, 0.15) is 11.6 Å². The van der Waals surface area contributed by atoms with Gasteiger partial charge in [-0.1, -0.05) is 6.07 Å². The Hall–Kier alpha value is -2.54. The van der Waals surface area contributed by atoms with Gasteiger partial charge in [0.05, 0.1) is 11.0 Å². The Morgan fingerprint density at radius 3 is 2.17 bits per heavy atom. The second-order valence-corrected chi connectivity index (χ2v) is 5.30. The topological polar surface area (TPSA) is 58.4 Å². The maximum Gasteiger partial charge on any atom is 0.269 e. The molecule has 0 aliphatic heterocycles. The van der Waals surface area contributed by atoms with Crippen LogP contribution in [0.3, 0.4) is 0 Å². The van der Waals surface area contributed by atoms with Gasteiger partial charge in [0.25, 0.3) is 5.69 Å². The van der Waals surface area contributed by atoms with Crippen LogP contribution in [0.4, 0.5) is 20.2 Å². The third kappa shape index (κ3) is 4.01. The minimum atomic E-state index is -0.603. The number of anilines is 1. The molecule has 0 aliphatic carbocycles. The molecular formula is C16H17F2N3O2. The summed E-state index contributed by atoms with van der Waals surface area (Å²) < 4.78 is 27.9. The second-order valence-electron chi connectivity index (χ2n) is 5.30. The van der Waals surface area contributed by atoms with E-state index in [-0.39, 0.29) is 17.8 Å². The average molecular weight is 321 g/mol. The Kier molecular flexibility index (Phi) is 5.23. The maximum atomic E-state index is 14.0. The molecule has 0 saturated carbocycles. The molecule has 122 valence electrons. The van der Waals surface area contributed by atoms with Crippen LogP contribution in [0.15, 0.2) is 42.5 Å². The predicted molar refractivity (Wildman–Crippen MR) is 84.4 cm³/mol. The first-order valence-electron chi connectivity index (χ1n) is 6.99. The fourth-order valence-electron chi connectivity index (χ4n) is 2.29. The summed E-state index contributed by atoms with van der Waals surface area (Å²) in [5.41, 5.74) is 0.617. The fraction of sp³-hybridized carbons (Fsp3) is 0.250. The zero-order valence-electron chi connectivity index (χ0n) is 12.8. The van der Waals surface area contributed by atoms with Gasteiger partial charge >= 0.3 is 0 Å². The quantitative estimate of drug-likeness (QED) is 0.652. The molecule has 7 heteroatoms. The number of hydrogen-bond donors (Lipinski definition) is 1. The normalized spacial score (nSPS) is 12.2. The van der Waals surface area contributed by atoms with E-state index in [1.165, 1.54) is 30.3 Å². The van der Waals surface area contributed by atoms with Gasteiger partial charge in [-0.2, -0.15) is 0 Å². The maximum absolute atomic E-state index is 14.0. The summed E-state index contributed by atoms with van der Waals surface area (Å²) in [6.07, 6.45) is 0. The first-order valence-corrected chi connectivity index (χ1v) is 6.99. The number of nitrogens with zero attached hydrogens (tertiary/aromatic N) is 2. The highest BCUT2D eigenvalue weighted by Gasteiger charge is 2.22. The third-order valence-corrected chi connectivity index (χ3v) is 3.53. The fourth-order valence-corrected chi connectivity index (χ4v) is 2.29. The number of benzene rings is 2. The van der Waals surface area contributed by atoms with E-state index in [0.29, 0.717) is 5.69 Å². The molecule has 0 radical (unpaired) electrons. The van der Waals surface area contributed by atoms with Crippen molar-refractivity contribution in [2.75, 3.05) is 26.0 Å². The van der Waals surface area contributed by atoms with Gasteiger partial charge < -0.3 is 10.2 Å². The van der Waals surface area contributed by atoms with Gasteiger partial charge in [0.15, 0.2) is 0 Å². The van der Waals surface area contributed by atoms with Crippen LogP contribution >= 0.6 is 0 Å². The molecule has 1 atom stereocenters. The minimum Gasteiger partial charge on any atom is -0.383 e. The van der Waals surface area contributed by atoms with Crippen LogP contribution < -0.4 is 5.32 Å². The van der Waals surface area contributed by atoms with Crippen LogP contribution in [-0.4, -0.2) is 30.5 Å². The summed E-state index contributed by atoms with van der Waals surface area (Å²) >= 11 is 0. The number of halogens is 2. The minimum absolute atomic E-state index is 0.00749. The molecule has 0 fully saturated rings. The highest BCUT2D eigenvalue weighted by Crippen LogP contribution is 2.25. The molecule has 0 spiro atoms. The molecule has 2 aromatic carbocycles. The number of nitro groups is 1. The Bertz CT molecular complexity index is 670. The zero-order chi connectivity index (χ0) is 17.0. The van der Waals surface area contributed by atoms with Gasteiger partial charge in [-0.05, 0) is 38.4 Å². The third-order valence-electron chi connectivity index (χ3n) is 3.53. The van der Waals surface area contributed by atoms with E-state index in [1.807, 2.05) is 0 Å². The molecule has 0 saturated heterocycles. The number of hydrogen-bond acceptors (Lipinski definition) is 4. The average Bonchev–Trinajstić information content (AvgIpc) is 2.50. The monoisotopic (exact) mass is 321 g/mol. The van der Waals surface area contributed by atoms with Crippen molar-refractivity contribution >= 4 is 11.4 Å². The molecule has 23 heavy (non-hydrogen) atoms. The van der Waals surface area contributed by atoms with E-state index >= 15 is 0 Å². The van der Waals surface area contributed by atoms with Crippen molar-refractivity contribution in [3.63, 3.8) is 0 Å². The SMILES string of the molecule is CN(C)C(CNc1ccc([N+](=O)[O-])cc1)c1c(F)cccc1F. The van der Waals surface area contributed by atoms with Gasteiger partial charge in [0, 0.05) is 29.9 Å². The smallest absolute Gasteiger partial charge is 0.269 e. The highest BCUT2D eigenvalue weighted by molar-refractivity contribution is 5.48. The van der Waals surface area contributed by atoms with E-state index in [1.54, 1.807) is 31.1 Å². The van der Waals surface area contributed by atoms with Crippen molar-refractivity contribution < 1.29 is 13.7 Å². The lowest BCUT2D eigenvalue weighted by atomic mass is 10.0. The zero-order valence-corrected chi connectivity index (χ0v) is 12.8. The second kappa shape index (κ2) is 7.15. The van der Waals surface area contributed by atoms with Crippen LogP contribution in [0, 0.1) is 21.7 Å². The van der Waals surface area contributed by atoms with E-state index < -0.39 is 22.6 Å². The Labute approximate surface area is 132 Å². The number of rotatable bonds is 6. The van der Waals surface area contributed by atoms with E-state index in [4.69, 9.17) is 0 Å². The summed E-state index contributed by atoms with van der Waals surface area (Å²) in [4.78, 5) is 11.8. The molecule has 0 bridgehead atoms. The lowest BCUT2D eigenvalue weighted by molar-refractivity contribution is -0.384. The molecule has 2 rings (SSSR count). The summed E-state index contributed by atoms with van der Waals surface area (Å²) in [6.45, 7) is 0.253. The summed E-state index contributed by atoms with van der Waals surface area (Å²) in [6, 6.07) is 9.11. The van der Waals surface area contributed by atoms with Crippen molar-refractivity contribution in [3.05, 3.63) is 69.8 Å². The van der Waals surface area contributed by atoms with Crippen LogP contribution in [0.5, 0.6) is 0 Å². The van der Waals surface area contributed by atoms with Crippen LogP contribution in [0.2, 0.25) is 0 Å². The van der Waals surface area contributed by atoms with Gasteiger partial charge in [-0.15, -0.1) is 0 Å². The molecule has 1 N–H and O–H groups in total. The Balaban J connectivity index is 2.16. The summed E-state index contributed by atoms with van der Waals surface area (Å²) in [5.74, 6) is -1.21. The van der Waals surface area contributed by atoms with Crippen molar-refractivity contribution in [1.82, 2.24) is 4.90 Å². The van der Waals surface area contributed by atoms with Crippen molar-refractivity contribution in [3.8, 4) is 0 Å². The van der Waals surface area contributed by atoms with Crippen LogP contribution in [0.1, 0.15) is 11.6 Å². The molecule has 1 unspecified atom stereocenters. The molecule has 0 heterocycles. The molecule has 0 aliphatic rings. The summed E-state index contributed by atoms with van der Waals surface area (Å²) in [5, 5.41) is 13.7. The molecule has 0 amide bonds. The molecule has 2 aromatic rings. The van der Waals surface area contributed by atoms with Crippen molar-refractivity contribution in [2.45, 2.75) is 6.04 Å². The molecule has 0 aromatic heterocycles. The number of non-ortho nitro benzene ring substituents is 1. The van der Waals surface area contributed by atoms with Crippen LogP contribution in [0.25, 0.3) is 0 Å². The van der Waals surface area contributed by atoms with Gasteiger partial charge in [-0.25, -0.2) is 8.78 Å². The summed E-state index contributed by atoms with van der Waals surface area (Å²) in [7, 11) is 3.46. The Morgan fingerprint density at radius 1 is 1.13 bits per heavy atom. The van der Waals surface area contributed by atoms with Crippen molar-refractivity contribution in [2.24, 2.45) is 0 Å². The largest absolute Gasteiger partial charge is 0.383 e. The van der Waals surface area contributed by atoms with Crippen molar-refractivity contribution in [1.29, 1.82) is 0 Å². The van der Waals surface area contributed by atoms with E-state index in [2.05, 4.69) is 5.32 Å². The number of nitro benzene ring substituents is 1. The lowest BCUT2D eigenvalue weighted by Gasteiger charge is -2.26. The first kappa shape index (κ1) is 16.8. The number of likely N-dealkylation sites (N-methyl/N-ethyl adjacent to an activating group) is 1. The number of nitrogens with one attached hydrogen (secondary N) is 1. The first-order chi connectivity index (χ1) is 10.9. The van der Waals surface area contributed by atoms with Gasteiger partial charge in [0.2, 0.25) is 0 Å². The predicted octanol–water partition coefficient (Wildman–Crippen LogP) is 3.59. The molecular weight excluding hydrogens is 304 g/mol. The Morgan fingerprint density at radius 2 is 1.70 bits per heavy atom. The van der Waals surface area contributed by atoms with Gasteiger partial charge in [-0.3, -0.25) is 10.1 Å².